The van der Waals surface area contributed by atoms with Crippen molar-refractivity contribution in [3.8, 4) is 11.8 Å². The number of anilines is 1. The van der Waals surface area contributed by atoms with Gasteiger partial charge < -0.3 is 10.1 Å². The molecule has 0 aliphatic rings. The summed E-state index contributed by atoms with van der Waals surface area (Å²) < 4.78 is 5.19. The second kappa shape index (κ2) is 8.58. The number of hydrogen-bond acceptors (Lipinski definition) is 5. The monoisotopic (exact) mass is 423 g/mol. The van der Waals surface area contributed by atoms with Crippen molar-refractivity contribution >= 4 is 44.9 Å². The van der Waals surface area contributed by atoms with Crippen molar-refractivity contribution < 1.29 is 14.5 Å². The van der Waals surface area contributed by atoms with Crippen LogP contribution in [0.2, 0.25) is 0 Å². The van der Waals surface area contributed by atoms with Gasteiger partial charge in [-0.2, -0.15) is 5.26 Å². The molecule has 0 fully saturated rings. The summed E-state index contributed by atoms with van der Waals surface area (Å²) in [5.41, 5.74) is 0.510. The highest BCUT2D eigenvalue weighted by atomic mass is 16.6. The minimum atomic E-state index is -0.691. The van der Waals surface area contributed by atoms with Crippen molar-refractivity contribution in [2.24, 2.45) is 0 Å². The topological polar surface area (TPSA) is 105 Å². The lowest BCUT2D eigenvalue weighted by atomic mass is 9.95. The number of nitrogens with zero attached hydrogens (tertiary/aromatic N) is 2. The molecule has 4 aromatic rings. The Morgan fingerprint density at radius 1 is 1.03 bits per heavy atom. The van der Waals surface area contributed by atoms with Crippen molar-refractivity contribution in [3.05, 3.63) is 94.0 Å². The van der Waals surface area contributed by atoms with Crippen LogP contribution in [0.1, 0.15) is 5.56 Å². The maximum absolute atomic E-state index is 12.9. The number of nitro groups is 1. The summed E-state index contributed by atoms with van der Waals surface area (Å²) in [5, 5.41) is 27.2. The van der Waals surface area contributed by atoms with Crippen molar-refractivity contribution in [2.45, 2.75) is 0 Å². The van der Waals surface area contributed by atoms with Crippen molar-refractivity contribution in [1.82, 2.24) is 0 Å². The molecule has 0 heterocycles. The molecule has 0 radical (unpaired) electrons. The molecule has 0 spiro atoms. The van der Waals surface area contributed by atoms with Crippen molar-refractivity contribution in [1.29, 1.82) is 5.26 Å². The fourth-order valence-electron chi connectivity index (χ4n) is 3.59. The quantitative estimate of drug-likeness (QED) is 0.151. The van der Waals surface area contributed by atoms with Crippen LogP contribution in [-0.2, 0) is 4.79 Å². The Kier molecular flexibility index (Phi) is 5.51. The van der Waals surface area contributed by atoms with Crippen LogP contribution >= 0.6 is 0 Å². The van der Waals surface area contributed by atoms with Gasteiger partial charge in [0.05, 0.1) is 17.7 Å². The minimum Gasteiger partial charge on any atom is -0.495 e. The average molecular weight is 423 g/mol. The lowest BCUT2D eigenvalue weighted by Crippen LogP contribution is -2.14. The van der Waals surface area contributed by atoms with Gasteiger partial charge in [0.25, 0.3) is 11.6 Å². The summed E-state index contributed by atoms with van der Waals surface area (Å²) in [4.78, 5) is 23.5. The number of benzene rings is 4. The zero-order chi connectivity index (χ0) is 22.7. The Labute approximate surface area is 183 Å². The molecule has 7 heteroatoms. The van der Waals surface area contributed by atoms with E-state index in [9.17, 15) is 20.2 Å². The molecule has 156 valence electrons. The number of amides is 1. The number of hydrogen-bond donors (Lipinski definition) is 1. The number of rotatable bonds is 5. The van der Waals surface area contributed by atoms with E-state index in [2.05, 4.69) is 11.4 Å². The zero-order valence-electron chi connectivity index (χ0n) is 17.0. The van der Waals surface area contributed by atoms with E-state index >= 15 is 0 Å². The van der Waals surface area contributed by atoms with Gasteiger partial charge in [-0.05, 0) is 45.3 Å². The molecule has 0 atom stereocenters. The second-order valence-corrected chi connectivity index (χ2v) is 7.00. The molecule has 32 heavy (non-hydrogen) atoms. The first-order valence-electron chi connectivity index (χ1n) is 9.68. The van der Waals surface area contributed by atoms with Gasteiger partial charge in [-0.1, -0.05) is 48.5 Å². The summed E-state index contributed by atoms with van der Waals surface area (Å²) in [7, 11) is 1.39. The van der Waals surface area contributed by atoms with Gasteiger partial charge >= 0.3 is 0 Å². The van der Waals surface area contributed by atoms with Crippen LogP contribution in [0, 0.1) is 21.4 Å². The molecule has 0 aliphatic carbocycles. The van der Waals surface area contributed by atoms with E-state index < -0.39 is 10.8 Å². The molecule has 0 unspecified atom stereocenters. The molecule has 0 saturated heterocycles. The molecule has 4 rings (SSSR count). The molecule has 1 amide bonds. The molecular weight excluding hydrogens is 406 g/mol. The molecule has 0 aliphatic heterocycles. The van der Waals surface area contributed by atoms with Crippen LogP contribution in [0.5, 0.6) is 5.75 Å². The van der Waals surface area contributed by atoms with Crippen molar-refractivity contribution in [2.75, 3.05) is 12.4 Å². The molecule has 0 bridgehead atoms. The lowest BCUT2D eigenvalue weighted by Gasteiger charge is -2.11. The van der Waals surface area contributed by atoms with Gasteiger partial charge in [-0.15, -0.1) is 0 Å². The summed E-state index contributed by atoms with van der Waals surface area (Å²) in [6, 6.07) is 23.3. The number of nitrogens with one attached hydrogen (secondary N) is 1. The number of methoxy groups -OCH3 is 1. The number of carbonyl (C=O) groups excluding carboxylic acids is 1. The van der Waals surface area contributed by atoms with E-state index in [4.69, 9.17) is 4.74 Å². The van der Waals surface area contributed by atoms with Gasteiger partial charge in [0.2, 0.25) is 0 Å². The third-order valence-corrected chi connectivity index (χ3v) is 5.11. The van der Waals surface area contributed by atoms with E-state index in [0.717, 1.165) is 27.1 Å². The first-order valence-corrected chi connectivity index (χ1v) is 9.68. The Bertz CT molecular complexity index is 1400. The van der Waals surface area contributed by atoms with Gasteiger partial charge in [-0.25, -0.2) is 0 Å². The molecule has 1 N–H and O–H groups in total. The van der Waals surface area contributed by atoms with E-state index in [1.807, 2.05) is 54.6 Å². The van der Waals surface area contributed by atoms with Gasteiger partial charge in [0.15, 0.2) is 0 Å². The second-order valence-electron chi connectivity index (χ2n) is 7.00. The predicted octanol–water partition coefficient (Wildman–Crippen LogP) is 5.46. The Hall–Kier alpha value is -4.70. The number of carbonyl (C=O) groups is 1. The highest BCUT2D eigenvalue weighted by Gasteiger charge is 2.17. The largest absolute Gasteiger partial charge is 0.495 e. The smallest absolute Gasteiger partial charge is 0.271 e. The fraction of sp³-hybridized carbons (Fsp3) is 0.0400. The Balaban J connectivity index is 1.81. The highest BCUT2D eigenvalue weighted by Crippen LogP contribution is 2.32. The van der Waals surface area contributed by atoms with Crippen LogP contribution in [0.3, 0.4) is 0 Å². The SMILES string of the molecule is COc1ccc([N+](=O)[O-])cc1NC(=O)/C(C#N)=C/c1c2ccccc2cc2ccccc12. The zero-order valence-corrected chi connectivity index (χ0v) is 17.0. The first kappa shape index (κ1) is 20.6. The first-order chi connectivity index (χ1) is 15.5. The van der Waals surface area contributed by atoms with E-state index in [1.54, 1.807) is 6.08 Å². The normalized spacial score (nSPS) is 11.2. The van der Waals surface area contributed by atoms with E-state index in [1.165, 1.54) is 25.3 Å². The Morgan fingerprint density at radius 3 is 2.22 bits per heavy atom. The maximum Gasteiger partial charge on any atom is 0.271 e. The molecule has 0 aromatic heterocycles. The van der Waals surface area contributed by atoms with Crippen LogP contribution in [0.25, 0.3) is 27.6 Å². The summed E-state index contributed by atoms with van der Waals surface area (Å²) >= 11 is 0. The number of non-ortho nitro benzene ring substituents is 1. The number of nitro benzene ring substituents is 1. The molecular formula is C25H17N3O4. The minimum absolute atomic E-state index is 0.107. The van der Waals surface area contributed by atoms with Crippen LogP contribution < -0.4 is 10.1 Å². The van der Waals surface area contributed by atoms with E-state index in [-0.39, 0.29) is 22.7 Å². The van der Waals surface area contributed by atoms with Gasteiger partial charge in [0, 0.05) is 12.1 Å². The van der Waals surface area contributed by atoms with Gasteiger partial charge in [0.1, 0.15) is 17.4 Å². The van der Waals surface area contributed by atoms with Crippen molar-refractivity contribution in [3.63, 3.8) is 0 Å². The third-order valence-electron chi connectivity index (χ3n) is 5.11. The average Bonchev–Trinajstić information content (AvgIpc) is 2.81. The van der Waals surface area contributed by atoms with E-state index in [0.29, 0.717) is 0 Å². The summed E-state index contributed by atoms with van der Waals surface area (Å²) in [6.45, 7) is 0. The number of nitriles is 1. The lowest BCUT2D eigenvalue weighted by molar-refractivity contribution is -0.384. The molecule has 4 aromatic carbocycles. The fourth-order valence-corrected chi connectivity index (χ4v) is 3.59. The Morgan fingerprint density at radius 2 is 1.66 bits per heavy atom. The van der Waals surface area contributed by atoms with Crippen LogP contribution in [-0.4, -0.2) is 17.9 Å². The number of fused-ring (bicyclic) bond motifs is 2. The standard InChI is InChI=1S/C25H17N3O4/c1-32-24-11-10-19(28(30)31)14-23(24)27-25(29)18(15-26)13-22-20-8-4-2-6-16(20)12-17-7-3-5-9-21(17)22/h2-14H,1H3,(H,27,29)/b18-13+. The third kappa shape index (κ3) is 3.85. The predicted molar refractivity (Wildman–Crippen MR) is 123 cm³/mol. The van der Waals surface area contributed by atoms with Gasteiger partial charge in [-0.3, -0.25) is 14.9 Å². The molecule has 7 nitrogen and oxygen atoms in total. The molecule has 0 saturated carbocycles. The van der Waals surface area contributed by atoms with Crippen LogP contribution in [0.4, 0.5) is 11.4 Å². The highest BCUT2D eigenvalue weighted by molar-refractivity contribution is 6.14. The summed E-state index contributed by atoms with van der Waals surface area (Å²) in [5.74, 6) is -0.444. The number of ether oxygens (including phenoxy) is 1. The van der Waals surface area contributed by atoms with Crippen LogP contribution in [0.15, 0.2) is 78.4 Å². The summed E-state index contributed by atoms with van der Waals surface area (Å²) in [6.07, 6.45) is 1.55. The maximum atomic E-state index is 12.9.